The number of imide groups is 1. The van der Waals surface area contributed by atoms with E-state index in [1.807, 2.05) is 42.5 Å². The van der Waals surface area contributed by atoms with Gasteiger partial charge in [-0.05, 0) is 66.6 Å². The SMILES string of the molecule is O=C(O)c1cccc(-n2cccc2/C=C2/SC(=O)N(CCCc3ccccc3)C2=O)c1. The quantitative estimate of drug-likeness (QED) is 0.540. The number of hydrogen-bond donors (Lipinski definition) is 1. The number of carboxylic acid groups (broad SMARTS) is 1. The first kappa shape index (κ1) is 20.7. The Balaban J connectivity index is 1.49. The topological polar surface area (TPSA) is 79.6 Å². The fraction of sp³-hybridized carbons (Fsp3) is 0.125. The number of aryl methyl sites for hydroxylation is 1. The van der Waals surface area contributed by atoms with Crippen molar-refractivity contribution in [3.8, 4) is 5.69 Å². The van der Waals surface area contributed by atoms with E-state index in [2.05, 4.69) is 0 Å². The highest BCUT2D eigenvalue weighted by Crippen LogP contribution is 2.33. The van der Waals surface area contributed by atoms with Gasteiger partial charge in [0.1, 0.15) is 0 Å². The Kier molecular flexibility index (Phi) is 6.04. The number of hydrogen-bond acceptors (Lipinski definition) is 4. The van der Waals surface area contributed by atoms with E-state index in [1.165, 1.54) is 16.5 Å². The second kappa shape index (κ2) is 9.06. The van der Waals surface area contributed by atoms with Gasteiger partial charge in [-0.2, -0.15) is 0 Å². The normalized spacial score (nSPS) is 15.1. The Bertz CT molecular complexity index is 1170. The van der Waals surface area contributed by atoms with Gasteiger partial charge in [0, 0.05) is 24.1 Å². The molecule has 0 spiro atoms. The van der Waals surface area contributed by atoms with Crippen LogP contribution in [-0.2, 0) is 11.2 Å². The number of nitrogens with zero attached hydrogens (tertiary/aromatic N) is 2. The van der Waals surface area contributed by atoms with E-state index in [0.29, 0.717) is 29.3 Å². The van der Waals surface area contributed by atoms with Crippen LogP contribution in [0, 0.1) is 0 Å². The summed E-state index contributed by atoms with van der Waals surface area (Å²) in [6.07, 6.45) is 4.96. The number of aromatic carboxylic acids is 1. The Morgan fingerprint density at radius 3 is 2.58 bits per heavy atom. The molecule has 1 aromatic heterocycles. The first-order valence-electron chi connectivity index (χ1n) is 9.83. The predicted octanol–water partition coefficient (Wildman–Crippen LogP) is 4.84. The van der Waals surface area contributed by atoms with Gasteiger partial charge in [0.25, 0.3) is 11.1 Å². The summed E-state index contributed by atoms with van der Waals surface area (Å²) in [5.41, 5.74) is 2.71. The van der Waals surface area contributed by atoms with E-state index in [1.54, 1.807) is 35.0 Å². The molecule has 1 N–H and O–H groups in total. The lowest BCUT2D eigenvalue weighted by Gasteiger charge is -2.12. The first-order valence-corrected chi connectivity index (χ1v) is 10.6. The molecule has 1 aliphatic rings. The van der Waals surface area contributed by atoms with Crippen LogP contribution < -0.4 is 0 Å². The van der Waals surface area contributed by atoms with Gasteiger partial charge in [-0.1, -0.05) is 36.4 Å². The third-order valence-electron chi connectivity index (χ3n) is 4.99. The third kappa shape index (κ3) is 4.62. The predicted molar refractivity (Wildman–Crippen MR) is 120 cm³/mol. The fourth-order valence-corrected chi connectivity index (χ4v) is 4.30. The highest BCUT2D eigenvalue weighted by molar-refractivity contribution is 8.18. The Morgan fingerprint density at radius 2 is 1.81 bits per heavy atom. The molecule has 0 saturated carbocycles. The van der Waals surface area contributed by atoms with Crippen molar-refractivity contribution in [3.63, 3.8) is 0 Å². The van der Waals surface area contributed by atoms with Crippen molar-refractivity contribution in [2.24, 2.45) is 0 Å². The summed E-state index contributed by atoms with van der Waals surface area (Å²) in [5.74, 6) is -1.30. The molecule has 156 valence electrons. The number of aromatic nitrogens is 1. The number of rotatable bonds is 7. The number of thioether (sulfide) groups is 1. The van der Waals surface area contributed by atoms with E-state index < -0.39 is 5.97 Å². The second-order valence-electron chi connectivity index (χ2n) is 7.08. The Labute approximate surface area is 183 Å². The van der Waals surface area contributed by atoms with Crippen molar-refractivity contribution >= 4 is 35.0 Å². The minimum absolute atomic E-state index is 0.177. The van der Waals surface area contributed by atoms with Gasteiger partial charge in [-0.25, -0.2) is 4.79 Å². The van der Waals surface area contributed by atoms with Gasteiger partial charge in [0.05, 0.1) is 10.5 Å². The first-order chi connectivity index (χ1) is 15.0. The number of carbonyl (C=O) groups is 3. The van der Waals surface area contributed by atoms with Crippen molar-refractivity contribution in [2.75, 3.05) is 6.54 Å². The number of carboxylic acids is 1. The summed E-state index contributed by atoms with van der Waals surface area (Å²) in [6.45, 7) is 0.374. The van der Waals surface area contributed by atoms with E-state index >= 15 is 0 Å². The average molecular weight is 433 g/mol. The van der Waals surface area contributed by atoms with Gasteiger partial charge in [-0.3, -0.25) is 14.5 Å². The largest absolute Gasteiger partial charge is 0.478 e. The number of carbonyl (C=O) groups excluding carboxylic acids is 2. The van der Waals surface area contributed by atoms with Crippen molar-refractivity contribution in [2.45, 2.75) is 12.8 Å². The summed E-state index contributed by atoms with van der Waals surface area (Å²) in [7, 11) is 0. The smallest absolute Gasteiger partial charge is 0.335 e. The zero-order valence-electron chi connectivity index (χ0n) is 16.6. The van der Waals surface area contributed by atoms with Crippen molar-refractivity contribution in [3.05, 3.63) is 94.7 Å². The van der Waals surface area contributed by atoms with Gasteiger partial charge >= 0.3 is 5.97 Å². The molecule has 1 fully saturated rings. The molecule has 1 aliphatic heterocycles. The van der Waals surface area contributed by atoms with Crippen LogP contribution in [0.25, 0.3) is 11.8 Å². The molecule has 2 amide bonds. The lowest BCUT2D eigenvalue weighted by atomic mass is 10.1. The lowest BCUT2D eigenvalue weighted by molar-refractivity contribution is -0.122. The molecule has 2 heterocycles. The van der Waals surface area contributed by atoms with Crippen LogP contribution in [0.2, 0.25) is 0 Å². The maximum atomic E-state index is 12.8. The van der Waals surface area contributed by atoms with Crippen LogP contribution in [0.5, 0.6) is 0 Å². The van der Waals surface area contributed by atoms with Crippen LogP contribution in [0.3, 0.4) is 0 Å². The summed E-state index contributed by atoms with van der Waals surface area (Å²) >= 11 is 0.929. The molecule has 31 heavy (non-hydrogen) atoms. The summed E-state index contributed by atoms with van der Waals surface area (Å²) in [5, 5.41) is 8.96. The molecule has 0 unspecified atom stereocenters. The van der Waals surface area contributed by atoms with Gasteiger partial charge in [0.15, 0.2) is 0 Å². The van der Waals surface area contributed by atoms with Gasteiger partial charge in [-0.15, -0.1) is 0 Å². The lowest BCUT2D eigenvalue weighted by Crippen LogP contribution is -2.29. The molecule has 0 bridgehead atoms. The van der Waals surface area contributed by atoms with E-state index in [0.717, 1.165) is 18.2 Å². The molecule has 1 saturated heterocycles. The van der Waals surface area contributed by atoms with Crippen LogP contribution in [0.1, 0.15) is 28.0 Å². The van der Waals surface area contributed by atoms with E-state index in [-0.39, 0.29) is 16.7 Å². The summed E-state index contributed by atoms with van der Waals surface area (Å²) < 4.78 is 1.79. The standard InChI is InChI=1S/C24H20N2O4S/c27-22-21(31-24(30)26(22)14-5-9-17-7-2-1-3-8-17)16-20-12-6-13-25(20)19-11-4-10-18(15-19)23(28)29/h1-4,6-8,10-13,15-16H,5,9,14H2,(H,28,29)/b21-16+. The van der Waals surface area contributed by atoms with E-state index in [4.69, 9.17) is 0 Å². The highest BCUT2D eigenvalue weighted by Gasteiger charge is 2.34. The molecule has 0 radical (unpaired) electrons. The second-order valence-corrected chi connectivity index (χ2v) is 8.07. The third-order valence-corrected chi connectivity index (χ3v) is 5.90. The molecule has 6 nitrogen and oxygen atoms in total. The van der Waals surface area contributed by atoms with Crippen LogP contribution >= 0.6 is 11.8 Å². The molecule has 3 aromatic rings. The molecule has 0 atom stereocenters. The molecular weight excluding hydrogens is 412 g/mol. The number of amides is 2. The van der Waals surface area contributed by atoms with Crippen molar-refractivity contribution < 1.29 is 19.5 Å². The maximum Gasteiger partial charge on any atom is 0.335 e. The number of benzene rings is 2. The Morgan fingerprint density at radius 1 is 1.00 bits per heavy atom. The van der Waals surface area contributed by atoms with Crippen LogP contribution in [0.4, 0.5) is 4.79 Å². The fourth-order valence-electron chi connectivity index (χ4n) is 3.45. The molecule has 2 aromatic carbocycles. The monoisotopic (exact) mass is 432 g/mol. The Hall–Kier alpha value is -3.58. The molecule has 7 heteroatoms. The zero-order chi connectivity index (χ0) is 21.8. The summed E-state index contributed by atoms with van der Waals surface area (Å²) in [4.78, 5) is 38.1. The average Bonchev–Trinajstić information content (AvgIpc) is 3.34. The molecule has 0 aliphatic carbocycles. The maximum absolute atomic E-state index is 12.8. The van der Waals surface area contributed by atoms with Crippen LogP contribution in [0.15, 0.2) is 77.8 Å². The van der Waals surface area contributed by atoms with Crippen LogP contribution in [-0.4, -0.2) is 38.2 Å². The van der Waals surface area contributed by atoms with Crippen molar-refractivity contribution in [1.29, 1.82) is 0 Å². The summed E-state index contributed by atoms with van der Waals surface area (Å²) in [6, 6.07) is 20.1. The minimum atomic E-state index is -1.01. The molecular formula is C24H20N2O4S. The minimum Gasteiger partial charge on any atom is -0.478 e. The zero-order valence-corrected chi connectivity index (χ0v) is 17.4. The molecule has 4 rings (SSSR count). The highest BCUT2D eigenvalue weighted by atomic mass is 32.2. The van der Waals surface area contributed by atoms with E-state index in [9.17, 15) is 19.5 Å². The van der Waals surface area contributed by atoms with Crippen molar-refractivity contribution in [1.82, 2.24) is 9.47 Å². The van der Waals surface area contributed by atoms with Gasteiger partial charge < -0.3 is 9.67 Å². The van der Waals surface area contributed by atoms with Gasteiger partial charge in [0.2, 0.25) is 0 Å².